The van der Waals surface area contributed by atoms with E-state index >= 15 is 0 Å². The van der Waals surface area contributed by atoms with E-state index < -0.39 is 21.7 Å². The minimum absolute atomic E-state index is 0.0174. The highest BCUT2D eigenvalue weighted by Gasteiger charge is 2.17. The molecule has 0 bridgehead atoms. The molecule has 0 radical (unpaired) electrons. The number of carbonyl (C=O) groups is 1. The summed E-state index contributed by atoms with van der Waals surface area (Å²) in [6.07, 6.45) is 0. The fraction of sp³-hybridized carbons (Fsp3) is 0. The molecule has 0 spiro atoms. The van der Waals surface area contributed by atoms with E-state index in [2.05, 4.69) is 26.0 Å². The van der Waals surface area contributed by atoms with Crippen molar-refractivity contribution in [1.82, 2.24) is 0 Å². The summed E-state index contributed by atoms with van der Waals surface area (Å²) in [6.45, 7) is 0. The first-order valence-electron chi connectivity index (χ1n) is 7.79. The van der Waals surface area contributed by atoms with Crippen molar-refractivity contribution in [3.63, 3.8) is 0 Å². The molecule has 3 aromatic rings. The van der Waals surface area contributed by atoms with Crippen molar-refractivity contribution < 1.29 is 17.6 Å². The standard InChI is InChI=1S/C19H14BrFN2O3S/c20-14-8-10-15(11-9-14)23-27(25,26)16-5-3-4-13(12-16)19(24)22-18-7-2-1-6-17(18)21/h1-12,23H,(H,22,24). The SMILES string of the molecule is O=C(Nc1ccccc1F)c1cccc(S(=O)(=O)Nc2ccc(Br)cc2)c1. The summed E-state index contributed by atoms with van der Waals surface area (Å²) in [5, 5.41) is 2.43. The third-order valence-electron chi connectivity index (χ3n) is 3.63. The third kappa shape index (κ3) is 4.72. The van der Waals surface area contributed by atoms with Crippen molar-refractivity contribution >= 4 is 43.2 Å². The molecule has 0 fully saturated rings. The van der Waals surface area contributed by atoms with Gasteiger partial charge >= 0.3 is 0 Å². The average molecular weight is 449 g/mol. The Labute approximate surface area is 164 Å². The van der Waals surface area contributed by atoms with Crippen molar-refractivity contribution in [2.75, 3.05) is 10.0 Å². The second-order valence-corrected chi connectivity index (χ2v) is 8.17. The lowest BCUT2D eigenvalue weighted by atomic mass is 10.2. The molecule has 0 unspecified atom stereocenters. The fourth-order valence-corrected chi connectivity index (χ4v) is 3.66. The van der Waals surface area contributed by atoms with Gasteiger partial charge in [0.05, 0.1) is 10.6 Å². The van der Waals surface area contributed by atoms with Crippen LogP contribution in [0.4, 0.5) is 15.8 Å². The number of carbonyl (C=O) groups excluding carboxylic acids is 1. The van der Waals surface area contributed by atoms with E-state index in [9.17, 15) is 17.6 Å². The highest BCUT2D eigenvalue weighted by molar-refractivity contribution is 9.10. The Morgan fingerprint density at radius 3 is 2.33 bits per heavy atom. The van der Waals surface area contributed by atoms with Gasteiger partial charge in [-0.15, -0.1) is 0 Å². The molecular formula is C19H14BrFN2O3S. The fourth-order valence-electron chi connectivity index (χ4n) is 2.29. The van der Waals surface area contributed by atoms with E-state index in [0.29, 0.717) is 5.69 Å². The van der Waals surface area contributed by atoms with Crippen LogP contribution in [0.1, 0.15) is 10.4 Å². The number of amides is 1. The van der Waals surface area contributed by atoms with Gasteiger partial charge in [-0.25, -0.2) is 12.8 Å². The van der Waals surface area contributed by atoms with Crippen LogP contribution in [0.3, 0.4) is 0 Å². The van der Waals surface area contributed by atoms with E-state index in [-0.39, 0.29) is 16.1 Å². The number of hydrogen-bond acceptors (Lipinski definition) is 3. The van der Waals surface area contributed by atoms with Crippen molar-refractivity contribution in [3.05, 3.63) is 88.6 Å². The van der Waals surface area contributed by atoms with Crippen LogP contribution in [0, 0.1) is 5.82 Å². The van der Waals surface area contributed by atoms with E-state index in [0.717, 1.165) is 4.47 Å². The molecule has 0 aromatic heterocycles. The molecule has 27 heavy (non-hydrogen) atoms. The minimum Gasteiger partial charge on any atom is -0.319 e. The molecule has 3 rings (SSSR count). The Morgan fingerprint density at radius 2 is 1.63 bits per heavy atom. The van der Waals surface area contributed by atoms with Gasteiger partial charge in [-0.3, -0.25) is 9.52 Å². The first-order valence-corrected chi connectivity index (χ1v) is 10.1. The van der Waals surface area contributed by atoms with Gasteiger partial charge in [-0.05, 0) is 54.6 Å². The number of anilines is 2. The average Bonchev–Trinajstić information content (AvgIpc) is 2.65. The molecular weight excluding hydrogens is 435 g/mol. The number of halogens is 2. The lowest BCUT2D eigenvalue weighted by molar-refractivity contribution is 0.102. The summed E-state index contributed by atoms with van der Waals surface area (Å²) in [5.41, 5.74) is 0.500. The van der Waals surface area contributed by atoms with Gasteiger partial charge in [0.25, 0.3) is 15.9 Å². The van der Waals surface area contributed by atoms with Gasteiger partial charge in [-0.1, -0.05) is 34.1 Å². The van der Waals surface area contributed by atoms with Gasteiger partial charge in [-0.2, -0.15) is 0 Å². The van der Waals surface area contributed by atoms with Crippen LogP contribution in [0.25, 0.3) is 0 Å². The molecule has 1 amide bonds. The highest BCUT2D eigenvalue weighted by atomic mass is 79.9. The summed E-state index contributed by atoms with van der Waals surface area (Å²) >= 11 is 3.28. The molecule has 138 valence electrons. The molecule has 0 saturated heterocycles. The second kappa shape index (κ2) is 7.89. The molecule has 0 aliphatic rings. The highest BCUT2D eigenvalue weighted by Crippen LogP contribution is 2.20. The monoisotopic (exact) mass is 448 g/mol. The van der Waals surface area contributed by atoms with Crippen LogP contribution in [0.2, 0.25) is 0 Å². The minimum atomic E-state index is -3.88. The molecule has 0 saturated carbocycles. The van der Waals surface area contributed by atoms with E-state index in [4.69, 9.17) is 0 Å². The molecule has 3 aromatic carbocycles. The van der Waals surface area contributed by atoms with E-state index in [1.807, 2.05) is 0 Å². The maximum atomic E-state index is 13.7. The number of benzene rings is 3. The van der Waals surface area contributed by atoms with Crippen LogP contribution < -0.4 is 10.0 Å². The zero-order valence-electron chi connectivity index (χ0n) is 13.8. The second-order valence-electron chi connectivity index (χ2n) is 5.57. The van der Waals surface area contributed by atoms with Crippen molar-refractivity contribution in [1.29, 1.82) is 0 Å². The quantitative estimate of drug-likeness (QED) is 0.596. The van der Waals surface area contributed by atoms with Crippen LogP contribution in [-0.2, 0) is 10.0 Å². The Hall–Kier alpha value is -2.71. The van der Waals surface area contributed by atoms with Gasteiger partial charge < -0.3 is 5.32 Å². The van der Waals surface area contributed by atoms with Crippen molar-refractivity contribution in [2.24, 2.45) is 0 Å². The number of hydrogen-bond donors (Lipinski definition) is 2. The molecule has 8 heteroatoms. The van der Waals surface area contributed by atoms with Crippen LogP contribution in [-0.4, -0.2) is 14.3 Å². The predicted octanol–water partition coefficient (Wildman–Crippen LogP) is 4.64. The molecule has 5 nitrogen and oxygen atoms in total. The van der Waals surface area contributed by atoms with E-state index in [1.54, 1.807) is 30.3 Å². The topological polar surface area (TPSA) is 75.3 Å². The smallest absolute Gasteiger partial charge is 0.261 e. The van der Waals surface area contributed by atoms with Gasteiger partial charge in [0.15, 0.2) is 0 Å². The first kappa shape index (κ1) is 19.1. The number of nitrogens with one attached hydrogen (secondary N) is 2. The maximum Gasteiger partial charge on any atom is 0.261 e. The lowest BCUT2D eigenvalue weighted by Crippen LogP contribution is -2.16. The van der Waals surface area contributed by atoms with Crippen molar-refractivity contribution in [2.45, 2.75) is 4.90 Å². The molecule has 0 heterocycles. The van der Waals surface area contributed by atoms with Crippen molar-refractivity contribution in [3.8, 4) is 0 Å². The zero-order chi connectivity index (χ0) is 19.4. The Bertz CT molecular complexity index is 1090. The predicted molar refractivity (Wildman–Crippen MR) is 106 cm³/mol. The van der Waals surface area contributed by atoms with E-state index in [1.165, 1.54) is 42.5 Å². The number of sulfonamides is 1. The summed E-state index contributed by atoms with van der Waals surface area (Å²) in [4.78, 5) is 12.3. The third-order valence-corrected chi connectivity index (χ3v) is 5.53. The largest absolute Gasteiger partial charge is 0.319 e. The number of rotatable bonds is 5. The summed E-state index contributed by atoms with van der Waals surface area (Å²) in [5.74, 6) is -1.19. The number of para-hydroxylation sites is 1. The summed E-state index contributed by atoms with van der Waals surface area (Å²) in [7, 11) is -3.88. The molecule has 0 atom stereocenters. The summed E-state index contributed by atoms with van der Waals surface area (Å²) in [6, 6.07) is 17.9. The lowest BCUT2D eigenvalue weighted by Gasteiger charge is -2.10. The van der Waals surface area contributed by atoms with Gasteiger partial charge in [0.1, 0.15) is 5.82 Å². The molecule has 0 aliphatic heterocycles. The van der Waals surface area contributed by atoms with Gasteiger partial charge in [0, 0.05) is 15.7 Å². The summed E-state index contributed by atoms with van der Waals surface area (Å²) < 4.78 is 42.1. The Balaban J connectivity index is 1.83. The Kier molecular flexibility index (Phi) is 5.57. The molecule has 2 N–H and O–H groups in total. The first-order chi connectivity index (χ1) is 12.8. The maximum absolute atomic E-state index is 13.7. The van der Waals surface area contributed by atoms with Crippen LogP contribution >= 0.6 is 15.9 Å². The van der Waals surface area contributed by atoms with Crippen LogP contribution in [0.15, 0.2) is 82.2 Å². The molecule has 0 aliphatic carbocycles. The zero-order valence-corrected chi connectivity index (χ0v) is 16.2. The Morgan fingerprint density at radius 1 is 0.926 bits per heavy atom. The van der Waals surface area contributed by atoms with Crippen LogP contribution in [0.5, 0.6) is 0 Å². The normalized spacial score (nSPS) is 11.0. The van der Waals surface area contributed by atoms with Gasteiger partial charge in [0.2, 0.25) is 0 Å².